The van der Waals surface area contributed by atoms with Gasteiger partial charge in [0, 0.05) is 19.3 Å². The van der Waals surface area contributed by atoms with Crippen LogP contribution in [0.4, 0.5) is 10.5 Å². The summed E-state index contributed by atoms with van der Waals surface area (Å²) in [7, 11) is 3.89. The van der Waals surface area contributed by atoms with Crippen molar-refractivity contribution in [2.45, 2.75) is 31.5 Å². The quantitative estimate of drug-likeness (QED) is 0.801. The van der Waals surface area contributed by atoms with Crippen LogP contribution >= 0.6 is 0 Å². The molecule has 0 aromatic carbocycles. The fraction of sp³-hybridized carbons (Fsp3) is 0.529. The van der Waals surface area contributed by atoms with Crippen LogP contribution in [-0.2, 0) is 11.3 Å². The number of carbonyl (C=O) groups excluding carboxylic acids is 1. The molecule has 8 heteroatoms. The Hall–Kier alpha value is -2.32. The van der Waals surface area contributed by atoms with Gasteiger partial charge in [0.05, 0.1) is 36.8 Å². The number of aromatic nitrogens is 2. The number of anilines is 1. The number of nitrogens with zero attached hydrogens (tertiary/aromatic N) is 3. The fourth-order valence-electron chi connectivity index (χ4n) is 2.91. The number of ether oxygens (including phenoxy) is 1. The normalized spacial score (nSPS) is 18.4. The van der Waals surface area contributed by atoms with Gasteiger partial charge in [0.25, 0.3) is 0 Å². The second-order valence-corrected chi connectivity index (χ2v) is 6.42. The lowest BCUT2D eigenvalue weighted by atomic mass is 10.2. The third-order valence-corrected chi connectivity index (χ3v) is 4.26. The Morgan fingerprint density at radius 2 is 2.40 bits per heavy atom. The maximum atomic E-state index is 12.1. The van der Waals surface area contributed by atoms with Gasteiger partial charge in [-0.25, -0.2) is 4.79 Å². The Kier molecular flexibility index (Phi) is 5.72. The van der Waals surface area contributed by atoms with Crippen molar-refractivity contribution in [3.8, 4) is 0 Å². The zero-order valence-electron chi connectivity index (χ0n) is 14.6. The molecule has 8 nitrogen and oxygen atoms in total. The molecular formula is C17H25N5O3. The van der Waals surface area contributed by atoms with Crippen molar-refractivity contribution in [1.82, 2.24) is 20.0 Å². The second-order valence-electron chi connectivity index (χ2n) is 6.42. The first kappa shape index (κ1) is 17.5. The number of amides is 2. The van der Waals surface area contributed by atoms with Crippen LogP contribution in [0.5, 0.6) is 0 Å². The largest absolute Gasteiger partial charge is 0.468 e. The molecule has 1 aliphatic heterocycles. The number of carbonyl (C=O) groups is 1. The molecule has 1 fully saturated rings. The minimum atomic E-state index is -0.268. The predicted octanol–water partition coefficient (Wildman–Crippen LogP) is 2.08. The van der Waals surface area contributed by atoms with E-state index in [9.17, 15) is 4.79 Å². The van der Waals surface area contributed by atoms with Crippen molar-refractivity contribution in [2.24, 2.45) is 0 Å². The molecule has 0 bridgehead atoms. The van der Waals surface area contributed by atoms with E-state index in [0.29, 0.717) is 18.8 Å². The highest BCUT2D eigenvalue weighted by Crippen LogP contribution is 2.18. The van der Waals surface area contributed by atoms with Crippen LogP contribution < -0.4 is 10.6 Å². The summed E-state index contributed by atoms with van der Waals surface area (Å²) in [6, 6.07) is 3.45. The summed E-state index contributed by atoms with van der Waals surface area (Å²) < 4.78 is 12.8. The Morgan fingerprint density at radius 3 is 3.08 bits per heavy atom. The standard InChI is InChI=1S/C17H25N5O3/c1-21(2)15(16-6-4-8-25-16)10-18-17(23)20-13-9-19-22(11-13)12-14-5-3-7-24-14/h4,6,8-9,11,14-15H,3,5,7,10,12H2,1-2H3,(H2,18,20,23)/t14-,15-/m1/s1. The molecule has 1 aliphatic rings. The van der Waals surface area contributed by atoms with Crippen molar-refractivity contribution in [2.75, 3.05) is 32.6 Å². The molecule has 2 aromatic heterocycles. The number of hydrogen-bond donors (Lipinski definition) is 2. The molecule has 0 radical (unpaired) electrons. The van der Waals surface area contributed by atoms with E-state index in [4.69, 9.17) is 9.15 Å². The van der Waals surface area contributed by atoms with Crippen LogP contribution in [0.15, 0.2) is 35.2 Å². The highest BCUT2D eigenvalue weighted by molar-refractivity contribution is 5.88. The van der Waals surface area contributed by atoms with Gasteiger partial charge in [0.2, 0.25) is 0 Å². The minimum Gasteiger partial charge on any atom is -0.468 e. The molecule has 1 saturated heterocycles. The number of hydrogen-bond acceptors (Lipinski definition) is 5. The van der Waals surface area contributed by atoms with E-state index in [2.05, 4.69) is 15.7 Å². The molecule has 2 aromatic rings. The highest BCUT2D eigenvalue weighted by atomic mass is 16.5. The molecule has 0 unspecified atom stereocenters. The summed E-state index contributed by atoms with van der Waals surface area (Å²) in [5.41, 5.74) is 0.662. The molecule has 3 heterocycles. The SMILES string of the molecule is CN(C)[C@H](CNC(=O)Nc1cnn(C[C@H]2CCCO2)c1)c1ccco1. The van der Waals surface area contributed by atoms with Crippen molar-refractivity contribution in [1.29, 1.82) is 0 Å². The first-order chi connectivity index (χ1) is 12.1. The Labute approximate surface area is 147 Å². The Morgan fingerprint density at radius 1 is 1.52 bits per heavy atom. The molecule has 2 atom stereocenters. The van der Waals surface area contributed by atoms with Gasteiger partial charge in [-0.1, -0.05) is 0 Å². The van der Waals surface area contributed by atoms with E-state index < -0.39 is 0 Å². The van der Waals surface area contributed by atoms with Crippen LogP contribution in [0.3, 0.4) is 0 Å². The van der Waals surface area contributed by atoms with E-state index >= 15 is 0 Å². The smallest absolute Gasteiger partial charge is 0.319 e. The maximum absolute atomic E-state index is 12.1. The average molecular weight is 347 g/mol. The van der Waals surface area contributed by atoms with Gasteiger partial charge in [-0.05, 0) is 39.1 Å². The van der Waals surface area contributed by atoms with Gasteiger partial charge < -0.3 is 19.8 Å². The van der Waals surface area contributed by atoms with Gasteiger partial charge in [-0.2, -0.15) is 5.10 Å². The van der Waals surface area contributed by atoms with Crippen molar-refractivity contribution in [3.05, 3.63) is 36.5 Å². The lowest BCUT2D eigenvalue weighted by Gasteiger charge is -2.22. The third kappa shape index (κ3) is 4.83. The first-order valence-electron chi connectivity index (χ1n) is 8.50. The van der Waals surface area contributed by atoms with Crippen LogP contribution in [-0.4, -0.2) is 54.1 Å². The molecule has 2 N–H and O–H groups in total. The topological polar surface area (TPSA) is 84.6 Å². The zero-order valence-corrected chi connectivity index (χ0v) is 14.6. The van der Waals surface area contributed by atoms with Gasteiger partial charge in [0.15, 0.2) is 0 Å². The van der Waals surface area contributed by atoms with Crippen LogP contribution in [0.2, 0.25) is 0 Å². The summed E-state index contributed by atoms with van der Waals surface area (Å²) in [5, 5.41) is 9.94. The lowest BCUT2D eigenvalue weighted by Crippen LogP contribution is -2.36. The third-order valence-electron chi connectivity index (χ3n) is 4.26. The maximum Gasteiger partial charge on any atom is 0.319 e. The molecule has 25 heavy (non-hydrogen) atoms. The van der Waals surface area contributed by atoms with Crippen molar-refractivity contribution in [3.63, 3.8) is 0 Å². The lowest BCUT2D eigenvalue weighted by molar-refractivity contribution is 0.0940. The van der Waals surface area contributed by atoms with E-state index in [1.807, 2.05) is 37.3 Å². The number of urea groups is 1. The van der Waals surface area contributed by atoms with Gasteiger partial charge in [0.1, 0.15) is 5.76 Å². The fourth-order valence-corrected chi connectivity index (χ4v) is 2.91. The van der Waals surface area contributed by atoms with Gasteiger partial charge in [-0.15, -0.1) is 0 Å². The molecule has 0 aliphatic carbocycles. The van der Waals surface area contributed by atoms with E-state index in [1.54, 1.807) is 17.1 Å². The average Bonchev–Trinajstić information content (AvgIpc) is 3.31. The molecular weight excluding hydrogens is 322 g/mol. The number of likely N-dealkylation sites (N-methyl/N-ethyl adjacent to an activating group) is 1. The summed E-state index contributed by atoms with van der Waals surface area (Å²) >= 11 is 0. The summed E-state index contributed by atoms with van der Waals surface area (Å²) in [6.45, 7) is 1.98. The monoisotopic (exact) mass is 347 g/mol. The summed E-state index contributed by atoms with van der Waals surface area (Å²) in [4.78, 5) is 14.1. The van der Waals surface area contributed by atoms with Gasteiger partial charge in [-0.3, -0.25) is 9.58 Å². The Balaban J connectivity index is 1.48. The van der Waals surface area contributed by atoms with E-state index in [1.165, 1.54) is 0 Å². The molecule has 0 saturated carbocycles. The van der Waals surface area contributed by atoms with E-state index in [0.717, 1.165) is 25.2 Å². The molecule has 3 rings (SSSR count). The minimum absolute atomic E-state index is 0.0250. The van der Waals surface area contributed by atoms with Crippen LogP contribution in [0.25, 0.3) is 0 Å². The second kappa shape index (κ2) is 8.17. The zero-order chi connectivity index (χ0) is 17.6. The van der Waals surface area contributed by atoms with Crippen molar-refractivity contribution < 1.29 is 13.9 Å². The van der Waals surface area contributed by atoms with E-state index in [-0.39, 0.29) is 18.2 Å². The molecule has 136 valence electrons. The highest BCUT2D eigenvalue weighted by Gasteiger charge is 2.19. The van der Waals surface area contributed by atoms with Crippen molar-refractivity contribution >= 4 is 11.7 Å². The predicted molar refractivity (Wildman–Crippen MR) is 93.4 cm³/mol. The first-order valence-corrected chi connectivity index (χ1v) is 8.50. The van der Waals surface area contributed by atoms with Gasteiger partial charge >= 0.3 is 6.03 Å². The number of furan rings is 1. The number of rotatable bonds is 7. The number of nitrogens with one attached hydrogen (secondary N) is 2. The molecule has 0 spiro atoms. The Bertz CT molecular complexity index is 662. The summed E-state index contributed by atoms with van der Waals surface area (Å²) in [6.07, 6.45) is 7.47. The summed E-state index contributed by atoms with van der Waals surface area (Å²) in [5.74, 6) is 0.815. The molecule has 2 amide bonds. The van der Waals surface area contributed by atoms with Crippen LogP contribution in [0.1, 0.15) is 24.6 Å². The van der Waals surface area contributed by atoms with Crippen LogP contribution in [0, 0.1) is 0 Å².